The first kappa shape index (κ1) is 15.4. The van der Waals surface area contributed by atoms with Crippen LogP contribution in [0, 0.1) is 0 Å². The standard InChI is InChI=1S/C13H11ClF3N3O/c1-19(12(21)11-5-6-18-20(11)2)10-4-3-8(7-9(10)14)13(15,16)17/h3-7H,1-2H3. The maximum absolute atomic E-state index is 12.6. The van der Waals surface area contributed by atoms with Crippen molar-refractivity contribution in [1.82, 2.24) is 9.78 Å². The van der Waals surface area contributed by atoms with Crippen LogP contribution in [-0.4, -0.2) is 22.7 Å². The molecule has 0 aliphatic heterocycles. The fourth-order valence-electron chi connectivity index (χ4n) is 1.82. The first-order valence-corrected chi connectivity index (χ1v) is 6.22. The van der Waals surface area contributed by atoms with E-state index in [1.807, 2.05) is 0 Å². The molecule has 1 heterocycles. The molecule has 2 rings (SSSR count). The number of alkyl halides is 3. The number of amides is 1. The zero-order valence-electron chi connectivity index (χ0n) is 11.1. The number of hydrogen-bond donors (Lipinski definition) is 0. The van der Waals surface area contributed by atoms with Crippen LogP contribution in [0.15, 0.2) is 30.5 Å². The van der Waals surface area contributed by atoms with Crippen LogP contribution in [0.2, 0.25) is 5.02 Å². The van der Waals surface area contributed by atoms with E-state index in [4.69, 9.17) is 11.6 Å². The van der Waals surface area contributed by atoms with Crippen LogP contribution >= 0.6 is 11.6 Å². The molecule has 0 unspecified atom stereocenters. The Morgan fingerprint density at radius 2 is 2.00 bits per heavy atom. The summed E-state index contributed by atoms with van der Waals surface area (Å²) in [5.41, 5.74) is -0.373. The van der Waals surface area contributed by atoms with E-state index in [9.17, 15) is 18.0 Å². The second-order valence-corrected chi connectivity index (χ2v) is 4.78. The van der Waals surface area contributed by atoms with Gasteiger partial charge in [0.25, 0.3) is 5.91 Å². The van der Waals surface area contributed by atoms with Crippen molar-refractivity contribution in [1.29, 1.82) is 0 Å². The van der Waals surface area contributed by atoms with Crippen molar-refractivity contribution in [2.24, 2.45) is 7.05 Å². The molecular weight excluding hydrogens is 307 g/mol. The lowest BCUT2D eigenvalue weighted by Gasteiger charge is -2.19. The van der Waals surface area contributed by atoms with Gasteiger partial charge < -0.3 is 4.90 Å². The summed E-state index contributed by atoms with van der Waals surface area (Å²) in [6.07, 6.45) is -3.03. The van der Waals surface area contributed by atoms with Crippen molar-refractivity contribution < 1.29 is 18.0 Å². The van der Waals surface area contributed by atoms with Gasteiger partial charge in [-0.1, -0.05) is 11.6 Å². The smallest absolute Gasteiger partial charge is 0.309 e. The van der Waals surface area contributed by atoms with Crippen LogP contribution in [-0.2, 0) is 13.2 Å². The molecule has 0 bridgehead atoms. The summed E-state index contributed by atoms with van der Waals surface area (Å²) < 4.78 is 39.1. The van der Waals surface area contributed by atoms with Gasteiger partial charge in [-0.15, -0.1) is 0 Å². The monoisotopic (exact) mass is 317 g/mol. The lowest BCUT2D eigenvalue weighted by molar-refractivity contribution is -0.137. The zero-order valence-corrected chi connectivity index (χ0v) is 11.9. The fraction of sp³-hybridized carbons (Fsp3) is 0.231. The molecule has 0 saturated carbocycles. The Labute approximate surface area is 123 Å². The van der Waals surface area contributed by atoms with E-state index in [-0.39, 0.29) is 10.7 Å². The molecule has 0 N–H and O–H groups in total. The van der Waals surface area contributed by atoms with Crippen molar-refractivity contribution in [3.63, 3.8) is 0 Å². The van der Waals surface area contributed by atoms with Gasteiger partial charge in [0.2, 0.25) is 0 Å². The number of rotatable bonds is 2. The maximum atomic E-state index is 12.6. The summed E-state index contributed by atoms with van der Waals surface area (Å²) in [4.78, 5) is 13.4. The minimum Gasteiger partial charge on any atom is -0.309 e. The Bertz CT molecular complexity index is 682. The molecule has 1 aromatic carbocycles. The average Bonchev–Trinajstić information content (AvgIpc) is 2.82. The third kappa shape index (κ3) is 3.02. The van der Waals surface area contributed by atoms with Crippen molar-refractivity contribution in [3.05, 3.63) is 46.7 Å². The summed E-state index contributed by atoms with van der Waals surface area (Å²) >= 11 is 5.86. The summed E-state index contributed by atoms with van der Waals surface area (Å²) in [5, 5.41) is 3.72. The number of aromatic nitrogens is 2. The number of halogens is 4. The molecule has 0 atom stereocenters. The van der Waals surface area contributed by atoms with Gasteiger partial charge in [0.15, 0.2) is 0 Å². The Hall–Kier alpha value is -2.02. The van der Waals surface area contributed by atoms with Crippen LogP contribution in [0.5, 0.6) is 0 Å². The molecule has 0 aliphatic rings. The second-order valence-electron chi connectivity index (χ2n) is 4.37. The normalized spacial score (nSPS) is 11.5. The van der Waals surface area contributed by atoms with Crippen molar-refractivity contribution in [3.8, 4) is 0 Å². The Balaban J connectivity index is 2.34. The molecule has 8 heteroatoms. The SMILES string of the molecule is CN(C(=O)c1ccnn1C)c1ccc(C(F)(F)F)cc1Cl. The number of aryl methyl sites for hydroxylation is 1. The molecule has 0 saturated heterocycles. The molecule has 0 aliphatic carbocycles. The number of hydrogen-bond acceptors (Lipinski definition) is 2. The number of benzene rings is 1. The van der Waals surface area contributed by atoms with Gasteiger partial charge in [-0.3, -0.25) is 9.48 Å². The highest BCUT2D eigenvalue weighted by atomic mass is 35.5. The fourth-order valence-corrected chi connectivity index (χ4v) is 2.13. The van der Waals surface area contributed by atoms with Gasteiger partial charge in [-0.25, -0.2) is 0 Å². The highest BCUT2D eigenvalue weighted by molar-refractivity contribution is 6.34. The highest BCUT2D eigenvalue weighted by Gasteiger charge is 2.31. The third-order valence-electron chi connectivity index (χ3n) is 2.98. The molecule has 0 fully saturated rings. The average molecular weight is 318 g/mol. The van der Waals surface area contributed by atoms with Crippen LogP contribution in [0.25, 0.3) is 0 Å². The summed E-state index contributed by atoms with van der Waals surface area (Å²) in [6, 6.07) is 4.36. The van der Waals surface area contributed by atoms with Gasteiger partial charge in [-0.2, -0.15) is 18.3 Å². The van der Waals surface area contributed by atoms with E-state index in [1.165, 1.54) is 35.0 Å². The molecule has 1 amide bonds. The molecule has 0 radical (unpaired) electrons. The first-order valence-electron chi connectivity index (χ1n) is 5.84. The first-order chi connectivity index (χ1) is 9.71. The quantitative estimate of drug-likeness (QED) is 0.851. The molecule has 112 valence electrons. The molecule has 1 aromatic heterocycles. The predicted molar refractivity (Wildman–Crippen MR) is 72.4 cm³/mol. The van der Waals surface area contributed by atoms with E-state index in [2.05, 4.69) is 5.10 Å². The van der Waals surface area contributed by atoms with E-state index < -0.39 is 17.6 Å². The molecular formula is C13H11ClF3N3O. The summed E-state index contributed by atoms with van der Waals surface area (Å²) in [6.45, 7) is 0. The molecule has 2 aromatic rings. The van der Waals surface area contributed by atoms with Gasteiger partial charge in [0.1, 0.15) is 5.69 Å². The van der Waals surface area contributed by atoms with Gasteiger partial charge in [-0.05, 0) is 24.3 Å². The van der Waals surface area contributed by atoms with Gasteiger partial charge >= 0.3 is 6.18 Å². The van der Waals surface area contributed by atoms with Crippen LogP contribution in [0.1, 0.15) is 16.1 Å². The zero-order chi connectivity index (χ0) is 15.8. The molecule has 21 heavy (non-hydrogen) atoms. The summed E-state index contributed by atoms with van der Waals surface area (Å²) in [7, 11) is 3.03. The largest absolute Gasteiger partial charge is 0.416 e. The minimum atomic E-state index is -4.48. The van der Waals surface area contributed by atoms with E-state index in [1.54, 1.807) is 7.05 Å². The van der Waals surface area contributed by atoms with E-state index >= 15 is 0 Å². The predicted octanol–water partition coefficient (Wildman–Crippen LogP) is 3.37. The number of carbonyl (C=O) groups is 1. The second kappa shape index (κ2) is 5.40. The van der Waals surface area contributed by atoms with Crippen LogP contribution in [0.3, 0.4) is 0 Å². The van der Waals surface area contributed by atoms with Crippen LogP contribution in [0.4, 0.5) is 18.9 Å². The maximum Gasteiger partial charge on any atom is 0.416 e. The van der Waals surface area contributed by atoms with Crippen molar-refractivity contribution >= 4 is 23.2 Å². The van der Waals surface area contributed by atoms with E-state index in [0.717, 1.165) is 12.1 Å². The Morgan fingerprint density at radius 1 is 1.33 bits per heavy atom. The van der Waals surface area contributed by atoms with E-state index in [0.29, 0.717) is 5.69 Å². The lowest BCUT2D eigenvalue weighted by Crippen LogP contribution is -2.28. The van der Waals surface area contributed by atoms with Gasteiger partial charge in [0.05, 0.1) is 16.3 Å². The number of carbonyl (C=O) groups excluding carboxylic acids is 1. The molecule has 0 spiro atoms. The highest BCUT2D eigenvalue weighted by Crippen LogP contribution is 2.35. The summed E-state index contributed by atoms with van der Waals surface area (Å²) in [5.74, 6) is -0.420. The lowest BCUT2D eigenvalue weighted by atomic mass is 10.2. The van der Waals surface area contributed by atoms with Crippen LogP contribution < -0.4 is 4.90 Å². The minimum absolute atomic E-state index is 0.150. The number of nitrogens with zero attached hydrogens (tertiary/aromatic N) is 3. The third-order valence-corrected chi connectivity index (χ3v) is 3.28. The van der Waals surface area contributed by atoms with Gasteiger partial charge in [0, 0.05) is 20.3 Å². The Kier molecular flexibility index (Phi) is 3.95. The number of anilines is 1. The Morgan fingerprint density at radius 3 is 2.48 bits per heavy atom. The van der Waals surface area contributed by atoms with Crippen molar-refractivity contribution in [2.45, 2.75) is 6.18 Å². The topological polar surface area (TPSA) is 38.1 Å². The molecule has 4 nitrogen and oxygen atoms in total. The van der Waals surface area contributed by atoms with Crippen molar-refractivity contribution in [2.75, 3.05) is 11.9 Å².